The van der Waals surface area contributed by atoms with Crippen molar-refractivity contribution in [3.8, 4) is 0 Å². The van der Waals surface area contributed by atoms with Gasteiger partial charge in [-0.1, -0.05) is 98.3 Å². The number of hydrogen-bond acceptors (Lipinski definition) is 1. The lowest BCUT2D eigenvalue weighted by molar-refractivity contribution is 0.556. The van der Waals surface area contributed by atoms with E-state index < -0.39 is 0 Å². The maximum Gasteiger partial charge on any atom is 0.0616 e. The van der Waals surface area contributed by atoms with E-state index in [-0.39, 0.29) is 5.41 Å². The van der Waals surface area contributed by atoms with E-state index >= 15 is 0 Å². The van der Waals surface area contributed by atoms with E-state index in [1.165, 1.54) is 73.6 Å². The smallest absolute Gasteiger partial charge is 0.0616 e. The van der Waals surface area contributed by atoms with Gasteiger partial charge in [0.15, 0.2) is 0 Å². The van der Waals surface area contributed by atoms with Crippen LogP contribution in [-0.2, 0) is 5.41 Å². The van der Waals surface area contributed by atoms with Crippen LogP contribution in [0.1, 0.15) is 61.6 Å². The van der Waals surface area contributed by atoms with Crippen LogP contribution in [0.4, 0.5) is 0 Å². The topological polar surface area (TPSA) is 4.93 Å². The van der Waals surface area contributed by atoms with Crippen molar-refractivity contribution < 1.29 is 0 Å². The summed E-state index contributed by atoms with van der Waals surface area (Å²) in [4.78, 5) is 1.42. The first-order chi connectivity index (χ1) is 19.1. The van der Waals surface area contributed by atoms with Gasteiger partial charge < -0.3 is 4.57 Å². The number of thioether (sulfide) groups is 1. The first kappa shape index (κ1) is 22.3. The van der Waals surface area contributed by atoms with Crippen LogP contribution in [0.25, 0.3) is 38.3 Å². The Balaban J connectivity index is 1.36. The Morgan fingerprint density at radius 1 is 0.846 bits per heavy atom. The van der Waals surface area contributed by atoms with Gasteiger partial charge in [-0.2, -0.15) is 0 Å². The van der Waals surface area contributed by atoms with Crippen molar-refractivity contribution in [2.45, 2.75) is 60.5 Å². The molecule has 0 bridgehead atoms. The number of allylic oxidation sites excluding steroid dienone is 5. The third-order valence-corrected chi connectivity index (χ3v) is 11.5. The Morgan fingerprint density at radius 3 is 2.59 bits per heavy atom. The molecule has 0 amide bonds. The summed E-state index contributed by atoms with van der Waals surface area (Å²) in [6.07, 6.45) is 13.4. The normalized spacial score (nSPS) is 24.4. The summed E-state index contributed by atoms with van der Waals surface area (Å²) in [5.41, 5.74) is 10.5. The van der Waals surface area contributed by atoms with Gasteiger partial charge in [0, 0.05) is 44.0 Å². The van der Waals surface area contributed by atoms with E-state index in [1.807, 2.05) is 11.8 Å². The summed E-state index contributed by atoms with van der Waals surface area (Å²) >= 11 is 2.04. The van der Waals surface area contributed by atoms with E-state index in [1.54, 1.807) is 11.1 Å². The van der Waals surface area contributed by atoms with Crippen LogP contribution in [0.5, 0.6) is 0 Å². The minimum absolute atomic E-state index is 0.118. The van der Waals surface area contributed by atoms with Crippen molar-refractivity contribution in [3.05, 3.63) is 119 Å². The fourth-order valence-electron chi connectivity index (χ4n) is 8.36. The van der Waals surface area contributed by atoms with Gasteiger partial charge in [0.05, 0.1) is 16.3 Å². The number of nitrogens with zero attached hydrogens (tertiary/aromatic N) is 1. The van der Waals surface area contributed by atoms with E-state index in [2.05, 4.69) is 116 Å². The fourth-order valence-corrected chi connectivity index (χ4v) is 9.82. The molecular weight excluding hydrogens is 490 g/mol. The second-order valence-electron chi connectivity index (χ2n) is 12.3. The first-order valence-corrected chi connectivity index (χ1v) is 15.3. The number of aromatic nitrogens is 1. The van der Waals surface area contributed by atoms with Crippen LogP contribution in [0.2, 0.25) is 0 Å². The highest BCUT2D eigenvalue weighted by Crippen LogP contribution is 2.57. The number of benzene rings is 4. The van der Waals surface area contributed by atoms with Crippen molar-refractivity contribution in [1.82, 2.24) is 4.57 Å². The van der Waals surface area contributed by atoms with Gasteiger partial charge in [-0.3, -0.25) is 0 Å². The molecule has 0 N–H and O–H groups in total. The Labute approximate surface area is 233 Å². The fraction of sp³-hybridized carbons (Fsp3) is 0.243. The molecule has 3 atom stereocenters. The molecule has 4 aliphatic rings. The summed E-state index contributed by atoms with van der Waals surface area (Å²) in [6, 6.07) is 27.8. The average Bonchev–Trinajstić information content (AvgIpc) is 3.59. The summed E-state index contributed by atoms with van der Waals surface area (Å²) in [7, 11) is 0. The van der Waals surface area contributed by atoms with Gasteiger partial charge >= 0.3 is 0 Å². The molecule has 1 aromatic heterocycles. The van der Waals surface area contributed by atoms with Crippen molar-refractivity contribution in [3.63, 3.8) is 0 Å². The predicted molar refractivity (Wildman–Crippen MR) is 167 cm³/mol. The van der Waals surface area contributed by atoms with Gasteiger partial charge in [0.1, 0.15) is 0 Å². The van der Waals surface area contributed by atoms with Crippen molar-refractivity contribution >= 4 is 50.0 Å². The zero-order valence-electron chi connectivity index (χ0n) is 22.4. The monoisotopic (exact) mass is 521 g/mol. The number of fused-ring (bicyclic) bond motifs is 12. The van der Waals surface area contributed by atoms with Crippen molar-refractivity contribution in [2.24, 2.45) is 0 Å². The number of para-hydroxylation sites is 1. The van der Waals surface area contributed by atoms with E-state index in [0.717, 1.165) is 0 Å². The Bertz CT molecular complexity index is 1960. The molecule has 3 unspecified atom stereocenters. The van der Waals surface area contributed by atoms with Crippen LogP contribution >= 0.6 is 11.8 Å². The molecule has 190 valence electrons. The van der Waals surface area contributed by atoms with Crippen LogP contribution in [0.3, 0.4) is 0 Å². The average molecular weight is 522 g/mol. The molecule has 0 radical (unpaired) electrons. The quantitative estimate of drug-likeness (QED) is 0.199. The first-order valence-electron chi connectivity index (χ1n) is 14.5. The number of rotatable bonds is 1. The molecule has 4 aromatic carbocycles. The van der Waals surface area contributed by atoms with E-state index in [0.29, 0.717) is 17.1 Å². The van der Waals surface area contributed by atoms with Gasteiger partial charge in [-0.25, -0.2) is 0 Å². The zero-order valence-corrected chi connectivity index (χ0v) is 23.3. The van der Waals surface area contributed by atoms with Gasteiger partial charge in [0.2, 0.25) is 0 Å². The Kier molecular flexibility index (Phi) is 4.46. The molecule has 2 heteroatoms. The molecule has 0 fully saturated rings. The maximum absolute atomic E-state index is 2.62. The Hall–Kier alpha value is -3.49. The standard InChI is InChI=1S/C37H31NS/c1-37(2)29-14-6-3-12-28(29)34-24-18-19-25-22-10-4-7-15-31(22)38(35(25)26(24)20-21-30(34)37)32-16-9-13-27-23-11-5-8-17-33(23)39-36(27)32/h4-5,7-11,13-21,27-28,36H,3,6,12H2,1-2H3. The predicted octanol–water partition coefficient (Wildman–Crippen LogP) is 10.1. The third kappa shape index (κ3) is 2.83. The molecule has 3 aliphatic carbocycles. The highest BCUT2D eigenvalue weighted by Gasteiger charge is 2.43. The molecular formula is C37H31NS. The summed E-state index contributed by atoms with van der Waals surface area (Å²) in [6.45, 7) is 4.89. The van der Waals surface area contributed by atoms with Crippen LogP contribution in [0.15, 0.2) is 108 Å². The van der Waals surface area contributed by atoms with Crippen LogP contribution in [-0.4, -0.2) is 9.82 Å². The molecule has 5 aromatic rings. The summed E-state index contributed by atoms with van der Waals surface area (Å²) in [5.74, 6) is 0.973. The highest BCUT2D eigenvalue weighted by molar-refractivity contribution is 8.00. The zero-order chi connectivity index (χ0) is 25.9. The maximum atomic E-state index is 2.62. The molecule has 1 aliphatic heterocycles. The minimum atomic E-state index is 0.118. The number of hydrogen-bond donors (Lipinski definition) is 0. The molecule has 0 saturated heterocycles. The summed E-state index contributed by atoms with van der Waals surface area (Å²) in [5, 5.41) is 5.95. The second kappa shape index (κ2) is 7.79. The minimum Gasteiger partial charge on any atom is -0.311 e. The van der Waals surface area contributed by atoms with Gasteiger partial charge in [-0.15, -0.1) is 11.8 Å². The molecule has 0 spiro atoms. The molecule has 9 rings (SSSR count). The van der Waals surface area contributed by atoms with E-state index in [9.17, 15) is 0 Å². The molecule has 0 saturated carbocycles. The largest absolute Gasteiger partial charge is 0.311 e. The lowest BCUT2D eigenvalue weighted by Gasteiger charge is -2.27. The summed E-state index contributed by atoms with van der Waals surface area (Å²) < 4.78 is 2.62. The lowest BCUT2D eigenvalue weighted by atomic mass is 9.77. The van der Waals surface area contributed by atoms with Crippen molar-refractivity contribution in [2.75, 3.05) is 0 Å². The SMILES string of the molecule is CC1(C)C2=CCCCC2c2c1ccc1c2ccc2c3ccccc3n(C3=CC=CC4c5ccccc5SC34)c12. The molecule has 39 heavy (non-hydrogen) atoms. The lowest BCUT2D eigenvalue weighted by Crippen LogP contribution is -2.18. The molecule has 2 heterocycles. The van der Waals surface area contributed by atoms with Gasteiger partial charge in [0.25, 0.3) is 0 Å². The highest BCUT2D eigenvalue weighted by atomic mass is 32.2. The van der Waals surface area contributed by atoms with Crippen molar-refractivity contribution in [1.29, 1.82) is 0 Å². The molecule has 1 nitrogen and oxygen atoms in total. The third-order valence-electron chi connectivity index (χ3n) is 10.0. The van der Waals surface area contributed by atoms with Crippen LogP contribution < -0.4 is 0 Å². The Morgan fingerprint density at radius 2 is 1.64 bits per heavy atom. The van der Waals surface area contributed by atoms with E-state index in [4.69, 9.17) is 0 Å². The van der Waals surface area contributed by atoms with Crippen LogP contribution in [0, 0.1) is 0 Å². The second-order valence-corrected chi connectivity index (χ2v) is 13.5. The van der Waals surface area contributed by atoms with Gasteiger partial charge in [-0.05, 0) is 59.5 Å².